The van der Waals surface area contributed by atoms with Crippen LogP contribution in [-0.2, 0) is 4.74 Å². The van der Waals surface area contributed by atoms with E-state index in [9.17, 15) is 17.6 Å². The molecule has 1 rings (SSSR count). The van der Waals surface area contributed by atoms with Crippen molar-refractivity contribution in [3.63, 3.8) is 0 Å². The summed E-state index contributed by atoms with van der Waals surface area (Å²) in [6.07, 6.45) is -7.52. The lowest BCUT2D eigenvalue weighted by molar-refractivity contribution is -0.407. The van der Waals surface area contributed by atoms with Gasteiger partial charge in [0.1, 0.15) is 0 Å². The summed E-state index contributed by atoms with van der Waals surface area (Å²) in [5.41, 5.74) is 0. The first kappa shape index (κ1) is 10.7. The van der Waals surface area contributed by atoms with Crippen molar-refractivity contribution in [3.05, 3.63) is 0 Å². The van der Waals surface area contributed by atoms with Crippen molar-refractivity contribution in [3.8, 4) is 0 Å². The average Bonchev–Trinajstić information content (AvgIpc) is 1.79. The van der Waals surface area contributed by atoms with Crippen LogP contribution in [-0.4, -0.2) is 36.2 Å². The van der Waals surface area contributed by atoms with Crippen LogP contribution in [0.25, 0.3) is 0 Å². The summed E-state index contributed by atoms with van der Waals surface area (Å²) >= 11 is 0. The van der Waals surface area contributed by atoms with Crippen molar-refractivity contribution in [2.75, 3.05) is 13.1 Å². The summed E-state index contributed by atoms with van der Waals surface area (Å²) in [7, 11) is 0. The van der Waals surface area contributed by atoms with Gasteiger partial charge in [0, 0.05) is 6.04 Å². The predicted octanol–water partition coefficient (Wildman–Crippen LogP) is 1.91. The molecule has 1 fully saturated rings. The van der Waals surface area contributed by atoms with E-state index < -0.39 is 25.3 Å². The molecule has 78 valence electrons. The van der Waals surface area contributed by atoms with Crippen LogP contribution in [0.4, 0.5) is 17.6 Å². The predicted molar refractivity (Wildman–Crippen MR) is 37.7 cm³/mol. The summed E-state index contributed by atoms with van der Waals surface area (Å²) < 4.78 is 53.6. The van der Waals surface area contributed by atoms with Gasteiger partial charge in [0.05, 0.1) is 13.1 Å². The van der Waals surface area contributed by atoms with E-state index in [4.69, 9.17) is 0 Å². The summed E-state index contributed by atoms with van der Waals surface area (Å²) in [6, 6.07) is -0.347. The van der Waals surface area contributed by atoms with Gasteiger partial charge in [-0.05, 0) is 13.8 Å². The molecule has 1 aliphatic rings. The Morgan fingerprint density at radius 2 is 1.46 bits per heavy atom. The summed E-state index contributed by atoms with van der Waals surface area (Å²) in [5, 5.41) is 0. The van der Waals surface area contributed by atoms with Crippen molar-refractivity contribution in [1.82, 2.24) is 4.90 Å². The number of ether oxygens (including phenoxy) is 1. The molecule has 2 nitrogen and oxygen atoms in total. The van der Waals surface area contributed by atoms with Crippen molar-refractivity contribution in [2.24, 2.45) is 0 Å². The third kappa shape index (κ3) is 2.80. The first-order chi connectivity index (χ1) is 5.72. The molecule has 0 aliphatic carbocycles. The highest BCUT2D eigenvalue weighted by molar-refractivity contribution is 4.78. The van der Waals surface area contributed by atoms with Crippen molar-refractivity contribution >= 4 is 0 Å². The zero-order valence-electron chi connectivity index (χ0n) is 7.36. The molecule has 1 aliphatic heterocycles. The quantitative estimate of drug-likeness (QED) is 0.601. The average molecular weight is 201 g/mol. The maximum Gasteiger partial charge on any atom is 0.372 e. The molecule has 0 aromatic heterocycles. The van der Waals surface area contributed by atoms with Crippen LogP contribution in [0.1, 0.15) is 13.8 Å². The standard InChI is InChI=1S/C7H11F4NO/c1-5(2)12-3-6(8,9)13-7(10,11)4-12/h5H,3-4H2,1-2H3. The molecule has 0 spiro atoms. The Morgan fingerprint density at radius 1 is 1.08 bits per heavy atom. The number of hydrogen-bond donors (Lipinski definition) is 0. The molecule has 0 atom stereocenters. The second-order valence-electron chi connectivity index (χ2n) is 3.38. The summed E-state index contributed by atoms with van der Waals surface area (Å²) in [6.45, 7) is 1.61. The molecule has 0 N–H and O–H groups in total. The molecule has 1 heterocycles. The Bertz CT molecular complexity index is 179. The van der Waals surface area contributed by atoms with Crippen LogP contribution in [0.2, 0.25) is 0 Å². The van der Waals surface area contributed by atoms with Gasteiger partial charge in [0.2, 0.25) is 0 Å². The normalized spacial score (nSPS) is 27.9. The number of hydrogen-bond acceptors (Lipinski definition) is 2. The molecule has 0 saturated carbocycles. The molecule has 1 saturated heterocycles. The van der Waals surface area contributed by atoms with Gasteiger partial charge in [0.15, 0.2) is 0 Å². The van der Waals surface area contributed by atoms with Crippen LogP contribution in [0.5, 0.6) is 0 Å². The van der Waals surface area contributed by atoms with Crippen LogP contribution < -0.4 is 0 Å². The molecule has 0 aromatic carbocycles. The topological polar surface area (TPSA) is 12.5 Å². The van der Waals surface area contributed by atoms with E-state index in [0.717, 1.165) is 4.90 Å². The van der Waals surface area contributed by atoms with E-state index in [2.05, 4.69) is 4.74 Å². The van der Waals surface area contributed by atoms with Crippen LogP contribution >= 0.6 is 0 Å². The Morgan fingerprint density at radius 3 is 1.77 bits per heavy atom. The van der Waals surface area contributed by atoms with E-state index in [1.807, 2.05) is 0 Å². The highest BCUT2D eigenvalue weighted by Gasteiger charge is 2.51. The van der Waals surface area contributed by atoms with E-state index >= 15 is 0 Å². The van der Waals surface area contributed by atoms with Gasteiger partial charge in [-0.1, -0.05) is 0 Å². The summed E-state index contributed by atoms with van der Waals surface area (Å²) in [5.74, 6) is 0. The summed E-state index contributed by atoms with van der Waals surface area (Å²) in [4.78, 5) is 0.990. The fourth-order valence-electron chi connectivity index (χ4n) is 1.18. The fraction of sp³-hybridized carbons (Fsp3) is 1.00. The maximum atomic E-state index is 12.6. The number of morpholine rings is 1. The molecule has 0 unspecified atom stereocenters. The molecule has 0 amide bonds. The lowest BCUT2D eigenvalue weighted by atomic mass is 10.2. The van der Waals surface area contributed by atoms with E-state index in [-0.39, 0.29) is 6.04 Å². The van der Waals surface area contributed by atoms with Gasteiger partial charge in [-0.2, -0.15) is 17.6 Å². The molecular weight excluding hydrogens is 190 g/mol. The van der Waals surface area contributed by atoms with Gasteiger partial charge >= 0.3 is 12.2 Å². The minimum Gasteiger partial charge on any atom is -0.285 e. The van der Waals surface area contributed by atoms with Gasteiger partial charge in [-0.15, -0.1) is 0 Å². The highest BCUT2D eigenvalue weighted by Crippen LogP contribution is 2.33. The lowest BCUT2D eigenvalue weighted by Crippen LogP contribution is -2.56. The monoisotopic (exact) mass is 201 g/mol. The van der Waals surface area contributed by atoms with Crippen LogP contribution in [0.3, 0.4) is 0 Å². The molecular formula is C7H11F4NO. The second kappa shape index (κ2) is 3.09. The van der Waals surface area contributed by atoms with Crippen LogP contribution in [0.15, 0.2) is 0 Å². The van der Waals surface area contributed by atoms with Crippen molar-refractivity contribution < 1.29 is 22.3 Å². The number of rotatable bonds is 1. The van der Waals surface area contributed by atoms with Gasteiger partial charge in [-0.25, -0.2) is 0 Å². The second-order valence-corrected chi connectivity index (χ2v) is 3.38. The number of nitrogens with zero attached hydrogens (tertiary/aromatic N) is 1. The van der Waals surface area contributed by atoms with E-state index in [1.54, 1.807) is 13.8 Å². The Hall–Kier alpha value is -0.360. The molecule has 0 bridgehead atoms. The Labute approximate surface area is 73.5 Å². The Kier molecular flexibility index (Phi) is 2.55. The van der Waals surface area contributed by atoms with Crippen molar-refractivity contribution in [2.45, 2.75) is 32.1 Å². The largest absolute Gasteiger partial charge is 0.372 e. The zero-order chi connectivity index (χ0) is 10.3. The van der Waals surface area contributed by atoms with Crippen molar-refractivity contribution in [1.29, 1.82) is 0 Å². The third-order valence-corrected chi connectivity index (χ3v) is 1.80. The minimum absolute atomic E-state index is 0.347. The van der Waals surface area contributed by atoms with Gasteiger partial charge in [-0.3, -0.25) is 9.64 Å². The number of alkyl halides is 4. The molecule has 13 heavy (non-hydrogen) atoms. The van der Waals surface area contributed by atoms with Gasteiger partial charge < -0.3 is 0 Å². The lowest BCUT2D eigenvalue weighted by Gasteiger charge is -2.38. The molecule has 0 aromatic rings. The maximum absolute atomic E-state index is 12.6. The highest BCUT2D eigenvalue weighted by atomic mass is 19.3. The first-order valence-electron chi connectivity index (χ1n) is 3.92. The molecule has 0 radical (unpaired) electrons. The number of halogens is 4. The van der Waals surface area contributed by atoms with Crippen LogP contribution in [0, 0.1) is 0 Å². The van der Waals surface area contributed by atoms with E-state index in [0.29, 0.717) is 0 Å². The van der Waals surface area contributed by atoms with Gasteiger partial charge in [0.25, 0.3) is 0 Å². The Balaban J connectivity index is 2.72. The zero-order valence-corrected chi connectivity index (χ0v) is 7.36. The third-order valence-electron chi connectivity index (χ3n) is 1.80. The smallest absolute Gasteiger partial charge is 0.285 e. The minimum atomic E-state index is -3.76. The first-order valence-corrected chi connectivity index (χ1v) is 3.92. The fourth-order valence-corrected chi connectivity index (χ4v) is 1.18. The van der Waals surface area contributed by atoms with E-state index in [1.165, 1.54) is 0 Å². The SMILES string of the molecule is CC(C)N1CC(F)(F)OC(F)(F)C1. The molecule has 6 heteroatoms.